The van der Waals surface area contributed by atoms with Crippen molar-refractivity contribution < 1.29 is 13.2 Å². The lowest BCUT2D eigenvalue weighted by Gasteiger charge is -2.27. The van der Waals surface area contributed by atoms with Gasteiger partial charge in [0.15, 0.2) is 0 Å². The number of nitrogens with zero attached hydrogens (tertiary/aromatic N) is 1. The van der Waals surface area contributed by atoms with Crippen LogP contribution in [0.2, 0.25) is 0 Å². The third kappa shape index (κ3) is 3.56. The van der Waals surface area contributed by atoms with E-state index < -0.39 is 11.7 Å². The van der Waals surface area contributed by atoms with Crippen LogP contribution in [-0.4, -0.2) is 18.5 Å². The summed E-state index contributed by atoms with van der Waals surface area (Å²) >= 11 is 5.70. The van der Waals surface area contributed by atoms with Gasteiger partial charge < -0.3 is 4.90 Å². The van der Waals surface area contributed by atoms with Crippen molar-refractivity contribution in [2.75, 3.05) is 17.3 Å². The van der Waals surface area contributed by atoms with Gasteiger partial charge in [0.25, 0.3) is 0 Å². The van der Waals surface area contributed by atoms with E-state index in [1.807, 2.05) is 0 Å². The third-order valence-corrected chi connectivity index (χ3v) is 3.84. The van der Waals surface area contributed by atoms with E-state index in [2.05, 4.69) is 4.90 Å². The van der Waals surface area contributed by atoms with E-state index in [-0.39, 0.29) is 0 Å². The summed E-state index contributed by atoms with van der Waals surface area (Å²) in [6, 6.07) is 5.87. The van der Waals surface area contributed by atoms with Gasteiger partial charge in [-0.1, -0.05) is 0 Å². The second kappa shape index (κ2) is 6.04. The van der Waals surface area contributed by atoms with Gasteiger partial charge in [-0.25, -0.2) is 0 Å². The molecule has 0 amide bonds. The average molecular weight is 292 g/mol. The number of alkyl halides is 4. The highest BCUT2D eigenvalue weighted by atomic mass is 35.5. The molecule has 0 aromatic heterocycles. The van der Waals surface area contributed by atoms with Crippen molar-refractivity contribution in [3.8, 4) is 0 Å². The van der Waals surface area contributed by atoms with Gasteiger partial charge in [-0.15, -0.1) is 11.6 Å². The van der Waals surface area contributed by atoms with Gasteiger partial charge in [0.05, 0.1) is 5.56 Å². The van der Waals surface area contributed by atoms with Crippen molar-refractivity contribution >= 4 is 17.3 Å². The zero-order valence-electron chi connectivity index (χ0n) is 10.6. The smallest absolute Gasteiger partial charge is 0.369 e. The largest absolute Gasteiger partial charge is 0.416 e. The Labute approximate surface area is 116 Å². The minimum Gasteiger partial charge on any atom is -0.369 e. The molecule has 1 aromatic carbocycles. The quantitative estimate of drug-likeness (QED) is 0.727. The van der Waals surface area contributed by atoms with Crippen molar-refractivity contribution in [3.63, 3.8) is 0 Å². The summed E-state index contributed by atoms with van der Waals surface area (Å²) in [5.41, 5.74) is 0.290. The van der Waals surface area contributed by atoms with Crippen LogP contribution < -0.4 is 4.90 Å². The molecule has 1 fully saturated rings. The van der Waals surface area contributed by atoms with Crippen LogP contribution in [0.15, 0.2) is 24.3 Å². The van der Waals surface area contributed by atoms with E-state index in [4.69, 9.17) is 11.6 Å². The summed E-state index contributed by atoms with van der Waals surface area (Å²) in [5.74, 6) is 0.636. The zero-order chi connectivity index (χ0) is 13.9. The fraction of sp³-hybridized carbons (Fsp3) is 0.571. The zero-order valence-corrected chi connectivity index (χ0v) is 11.3. The number of anilines is 1. The number of hydrogen-bond acceptors (Lipinski definition) is 1. The Bertz CT molecular complexity index is 402. The fourth-order valence-electron chi connectivity index (χ4n) is 2.63. The Hall–Kier alpha value is -0.900. The van der Waals surface area contributed by atoms with Gasteiger partial charge in [0, 0.05) is 24.2 Å². The molecule has 5 heteroatoms. The minimum absolute atomic E-state index is 0.412. The summed E-state index contributed by atoms with van der Waals surface area (Å²) in [7, 11) is 0. The molecule has 1 nitrogen and oxygen atoms in total. The van der Waals surface area contributed by atoms with E-state index in [9.17, 15) is 13.2 Å². The van der Waals surface area contributed by atoms with Crippen molar-refractivity contribution in [1.82, 2.24) is 0 Å². The van der Waals surface area contributed by atoms with Crippen LogP contribution in [0.4, 0.5) is 18.9 Å². The first-order valence-electron chi connectivity index (χ1n) is 6.52. The van der Waals surface area contributed by atoms with Crippen molar-refractivity contribution in [2.45, 2.75) is 37.9 Å². The van der Waals surface area contributed by atoms with E-state index in [0.29, 0.717) is 11.9 Å². The fourth-order valence-corrected chi connectivity index (χ4v) is 2.78. The van der Waals surface area contributed by atoms with Crippen LogP contribution in [-0.2, 0) is 6.18 Å². The molecule has 2 rings (SSSR count). The van der Waals surface area contributed by atoms with Crippen LogP contribution in [0.5, 0.6) is 0 Å². The topological polar surface area (TPSA) is 3.24 Å². The number of halogens is 4. The predicted octanol–water partition coefficient (Wildman–Crippen LogP) is 4.69. The summed E-state index contributed by atoms with van der Waals surface area (Å²) in [6.07, 6.45) is -0.124. The first-order valence-corrected chi connectivity index (χ1v) is 7.05. The van der Waals surface area contributed by atoms with Crippen molar-refractivity contribution in [1.29, 1.82) is 0 Å². The van der Waals surface area contributed by atoms with Crippen LogP contribution in [0.25, 0.3) is 0 Å². The number of rotatable bonds is 4. The standard InChI is InChI=1S/C14H17ClF3N/c15-9-1-3-12-4-2-10-19(12)13-7-5-11(6-8-13)14(16,17)18/h5-8,12H,1-4,9-10H2. The SMILES string of the molecule is FC(F)(F)c1ccc(N2CCCC2CCCCl)cc1. The molecule has 1 atom stereocenters. The Morgan fingerprint density at radius 1 is 1.21 bits per heavy atom. The van der Waals surface area contributed by atoms with Gasteiger partial charge >= 0.3 is 6.18 Å². The molecule has 0 radical (unpaired) electrons. The average Bonchev–Trinajstić information content (AvgIpc) is 2.83. The van der Waals surface area contributed by atoms with E-state index in [1.54, 1.807) is 12.1 Å². The molecule has 1 aromatic rings. The van der Waals surface area contributed by atoms with Crippen LogP contribution in [0.3, 0.4) is 0 Å². The van der Waals surface area contributed by atoms with Gasteiger partial charge in [0.2, 0.25) is 0 Å². The molecule has 1 aliphatic rings. The maximum absolute atomic E-state index is 12.5. The molecule has 19 heavy (non-hydrogen) atoms. The molecule has 0 N–H and O–H groups in total. The monoisotopic (exact) mass is 291 g/mol. The molecule has 0 aliphatic carbocycles. The second-order valence-corrected chi connectivity index (χ2v) is 5.24. The Kier molecular flexibility index (Phi) is 4.61. The molecule has 1 unspecified atom stereocenters. The molecular weight excluding hydrogens is 275 g/mol. The van der Waals surface area contributed by atoms with E-state index in [1.165, 1.54) is 0 Å². The van der Waals surface area contributed by atoms with Gasteiger partial charge in [0.1, 0.15) is 0 Å². The lowest BCUT2D eigenvalue weighted by atomic mass is 10.1. The molecule has 0 bridgehead atoms. The number of benzene rings is 1. The summed E-state index contributed by atoms with van der Waals surface area (Å²) in [6.45, 7) is 0.915. The molecular formula is C14H17ClF3N. The Balaban J connectivity index is 2.08. The highest BCUT2D eigenvalue weighted by Gasteiger charge is 2.31. The molecule has 1 heterocycles. The highest BCUT2D eigenvalue weighted by Crippen LogP contribution is 2.33. The van der Waals surface area contributed by atoms with Gasteiger partial charge in [-0.3, -0.25) is 0 Å². The molecule has 106 valence electrons. The van der Waals surface area contributed by atoms with Crippen LogP contribution in [0, 0.1) is 0 Å². The Morgan fingerprint density at radius 2 is 1.89 bits per heavy atom. The first kappa shape index (κ1) is 14.5. The Morgan fingerprint density at radius 3 is 2.47 bits per heavy atom. The third-order valence-electron chi connectivity index (χ3n) is 3.57. The summed E-state index contributed by atoms with van der Waals surface area (Å²) in [4.78, 5) is 2.20. The molecule has 1 aliphatic heterocycles. The van der Waals surface area contributed by atoms with E-state index >= 15 is 0 Å². The minimum atomic E-state index is -4.26. The normalized spacial score (nSPS) is 20.0. The maximum atomic E-state index is 12.5. The first-order chi connectivity index (χ1) is 9.02. The van der Waals surface area contributed by atoms with Crippen molar-refractivity contribution in [2.24, 2.45) is 0 Å². The summed E-state index contributed by atoms with van der Waals surface area (Å²) < 4.78 is 37.5. The second-order valence-electron chi connectivity index (χ2n) is 4.87. The van der Waals surface area contributed by atoms with Crippen LogP contribution >= 0.6 is 11.6 Å². The maximum Gasteiger partial charge on any atom is 0.416 e. The van der Waals surface area contributed by atoms with E-state index in [0.717, 1.165) is 50.0 Å². The highest BCUT2D eigenvalue weighted by molar-refractivity contribution is 6.17. The predicted molar refractivity (Wildman–Crippen MR) is 71.8 cm³/mol. The molecule has 1 saturated heterocycles. The lowest BCUT2D eigenvalue weighted by Crippen LogP contribution is -2.29. The summed E-state index contributed by atoms with van der Waals surface area (Å²) in [5, 5.41) is 0. The molecule has 0 saturated carbocycles. The van der Waals surface area contributed by atoms with Crippen molar-refractivity contribution in [3.05, 3.63) is 29.8 Å². The molecule has 0 spiro atoms. The number of hydrogen-bond donors (Lipinski definition) is 0. The van der Waals surface area contributed by atoms with Gasteiger partial charge in [-0.2, -0.15) is 13.2 Å². The van der Waals surface area contributed by atoms with Crippen LogP contribution in [0.1, 0.15) is 31.2 Å². The lowest BCUT2D eigenvalue weighted by molar-refractivity contribution is -0.137. The van der Waals surface area contributed by atoms with Gasteiger partial charge in [-0.05, 0) is 49.9 Å².